The lowest BCUT2D eigenvalue weighted by atomic mass is 9.97. The molecule has 1 aliphatic rings. The van der Waals surface area contributed by atoms with Crippen LogP contribution in [0.25, 0.3) is 0 Å². The number of hydrogen-bond acceptors (Lipinski definition) is 3. The maximum atomic E-state index is 10.5. The second-order valence-corrected chi connectivity index (χ2v) is 6.56. The van der Waals surface area contributed by atoms with Crippen molar-refractivity contribution in [3.63, 3.8) is 0 Å². The molecule has 0 atom stereocenters. The number of hydrogen-bond donors (Lipinski definition) is 2. The van der Waals surface area contributed by atoms with Crippen LogP contribution in [-0.2, 0) is 10.1 Å². The van der Waals surface area contributed by atoms with Gasteiger partial charge in [-0.1, -0.05) is 32.1 Å². The summed E-state index contributed by atoms with van der Waals surface area (Å²) in [6, 6.07) is 0.612. The number of nitrogens with one attached hydrogen (secondary N) is 1. The van der Waals surface area contributed by atoms with E-state index in [1.54, 1.807) is 0 Å². The van der Waals surface area contributed by atoms with Gasteiger partial charge in [-0.2, -0.15) is 8.42 Å². The Balaban J connectivity index is 2.04. The minimum Gasteiger partial charge on any atom is -0.314 e. The zero-order valence-corrected chi connectivity index (χ0v) is 11.3. The minimum absolute atomic E-state index is 0.112. The highest BCUT2D eigenvalue weighted by molar-refractivity contribution is 7.85. The topological polar surface area (TPSA) is 66.4 Å². The zero-order chi connectivity index (χ0) is 12.6. The van der Waals surface area contributed by atoms with Gasteiger partial charge in [0.1, 0.15) is 0 Å². The molecule has 0 saturated heterocycles. The summed E-state index contributed by atoms with van der Waals surface area (Å²) < 4.78 is 29.6. The third-order valence-corrected chi connectivity index (χ3v) is 4.17. The van der Waals surface area contributed by atoms with Crippen LogP contribution in [0.4, 0.5) is 0 Å². The monoisotopic (exact) mass is 263 g/mol. The molecule has 0 amide bonds. The summed E-state index contributed by atoms with van der Waals surface area (Å²) in [6.45, 7) is 0.861. The van der Waals surface area contributed by atoms with Gasteiger partial charge in [0.15, 0.2) is 0 Å². The fourth-order valence-electron chi connectivity index (χ4n) is 2.38. The van der Waals surface area contributed by atoms with Gasteiger partial charge >= 0.3 is 0 Å². The van der Waals surface area contributed by atoms with Crippen LogP contribution < -0.4 is 5.32 Å². The van der Waals surface area contributed by atoms with Crippen LogP contribution in [0.5, 0.6) is 0 Å². The first-order chi connectivity index (χ1) is 8.08. The predicted molar refractivity (Wildman–Crippen MR) is 69.8 cm³/mol. The Hall–Kier alpha value is -0.130. The van der Waals surface area contributed by atoms with E-state index in [1.807, 2.05) is 0 Å². The van der Waals surface area contributed by atoms with E-state index in [1.165, 1.54) is 44.9 Å². The van der Waals surface area contributed by atoms with E-state index in [2.05, 4.69) is 5.32 Å². The molecule has 17 heavy (non-hydrogen) atoms. The summed E-state index contributed by atoms with van der Waals surface area (Å²) in [4.78, 5) is 0. The first-order valence-corrected chi connectivity index (χ1v) is 8.37. The van der Waals surface area contributed by atoms with E-state index in [4.69, 9.17) is 4.55 Å². The van der Waals surface area contributed by atoms with Crippen LogP contribution in [0.2, 0.25) is 0 Å². The first kappa shape index (κ1) is 14.9. The Morgan fingerprint density at radius 3 is 2.18 bits per heavy atom. The average molecular weight is 263 g/mol. The summed E-state index contributed by atoms with van der Waals surface area (Å²) in [5, 5.41) is 3.50. The molecule has 0 unspecified atom stereocenters. The third kappa shape index (κ3) is 8.57. The van der Waals surface area contributed by atoms with Crippen LogP contribution >= 0.6 is 0 Å². The van der Waals surface area contributed by atoms with Crippen molar-refractivity contribution in [1.82, 2.24) is 5.32 Å². The Morgan fingerprint density at radius 1 is 1.00 bits per heavy atom. The van der Waals surface area contributed by atoms with Crippen molar-refractivity contribution in [2.75, 3.05) is 12.3 Å². The molecule has 0 bridgehead atoms. The third-order valence-electron chi connectivity index (χ3n) is 3.37. The molecule has 2 N–H and O–H groups in total. The molecule has 4 nitrogen and oxygen atoms in total. The second-order valence-electron chi connectivity index (χ2n) is 4.99. The van der Waals surface area contributed by atoms with Crippen LogP contribution in [-0.4, -0.2) is 31.3 Å². The molecule has 1 aliphatic carbocycles. The normalized spacial score (nSPS) is 19.8. The quantitative estimate of drug-likeness (QED) is 0.570. The number of rotatable bonds is 6. The minimum atomic E-state index is -3.77. The van der Waals surface area contributed by atoms with E-state index < -0.39 is 10.1 Å². The lowest BCUT2D eigenvalue weighted by molar-refractivity contribution is 0.387. The fraction of sp³-hybridized carbons (Fsp3) is 1.00. The van der Waals surface area contributed by atoms with Crippen LogP contribution in [0.3, 0.4) is 0 Å². The zero-order valence-electron chi connectivity index (χ0n) is 10.5. The van der Waals surface area contributed by atoms with E-state index in [9.17, 15) is 8.42 Å². The molecule has 1 fully saturated rings. The summed E-state index contributed by atoms with van der Waals surface area (Å²) in [7, 11) is -3.77. The van der Waals surface area contributed by atoms with Gasteiger partial charge in [-0.3, -0.25) is 4.55 Å². The molecule has 0 aliphatic heterocycles. The Morgan fingerprint density at radius 2 is 1.59 bits per heavy atom. The number of unbranched alkanes of at least 4 members (excludes halogenated alkanes) is 1. The molecule has 0 aromatic rings. The van der Waals surface area contributed by atoms with Gasteiger partial charge in [0.05, 0.1) is 5.75 Å². The average Bonchev–Trinajstić information content (AvgIpc) is 2.18. The molecule has 0 aromatic heterocycles. The Bertz CT molecular complexity index is 282. The second kappa shape index (κ2) is 8.06. The molecule has 5 heteroatoms. The van der Waals surface area contributed by atoms with E-state index in [0.29, 0.717) is 12.5 Å². The maximum Gasteiger partial charge on any atom is 0.264 e. The molecule has 1 rings (SSSR count). The van der Waals surface area contributed by atoms with Gasteiger partial charge in [-0.05, 0) is 32.2 Å². The van der Waals surface area contributed by atoms with E-state index in [-0.39, 0.29) is 5.75 Å². The lowest BCUT2D eigenvalue weighted by Gasteiger charge is -2.20. The van der Waals surface area contributed by atoms with Crippen LogP contribution in [0.15, 0.2) is 0 Å². The highest BCUT2D eigenvalue weighted by Gasteiger charge is 2.10. The smallest absolute Gasteiger partial charge is 0.264 e. The molecular formula is C12H25NO3S. The standard InChI is InChI=1S/C12H25NO3S/c14-17(15,16)11-7-6-10-13-12-8-4-2-1-3-5-9-12/h12-13H,1-11H2,(H,14,15,16). The molecule has 0 radical (unpaired) electrons. The predicted octanol–water partition coefficient (Wildman–Crippen LogP) is 2.36. The van der Waals surface area contributed by atoms with Crippen molar-refractivity contribution in [2.24, 2.45) is 0 Å². The summed E-state index contributed by atoms with van der Waals surface area (Å²) in [5.74, 6) is -0.112. The van der Waals surface area contributed by atoms with Gasteiger partial charge in [0.25, 0.3) is 10.1 Å². The fourth-order valence-corrected chi connectivity index (χ4v) is 2.94. The summed E-state index contributed by atoms with van der Waals surface area (Å²) in [5.41, 5.74) is 0. The molecule has 0 heterocycles. The lowest BCUT2D eigenvalue weighted by Crippen LogP contribution is -2.30. The van der Waals surface area contributed by atoms with Crippen molar-refractivity contribution in [1.29, 1.82) is 0 Å². The van der Waals surface area contributed by atoms with Crippen LogP contribution in [0.1, 0.15) is 57.8 Å². The highest BCUT2D eigenvalue weighted by Crippen LogP contribution is 2.16. The van der Waals surface area contributed by atoms with Crippen molar-refractivity contribution >= 4 is 10.1 Å². The van der Waals surface area contributed by atoms with Crippen molar-refractivity contribution in [2.45, 2.75) is 63.8 Å². The van der Waals surface area contributed by atoms with Gasteiger partial charge in [-0.25, -0.2) is 0 Å². The van der Waals surface area contributed by atoms with Gasteiger partial charge in [0, 0.05) is 6.04 Å². The SMILES string of the molecule is O=S(=O)(O)CCCCNC1CCCCCCC1. The van der Waals surface area contributed by atoms with Crippen molar-refractivity contribution in [3.8, 4) is 0 Å². The molecule has 0 spiro atoms. The Kier molecular flexibility index (Phi) is 7.08. The largest absolute Gasteiger partial charge is 0.314 e. The molecule has 1 saturated carbocycles. The van der Waals surface area contributed by atoms with E-state index >= 15 is 0 Å². The Labute approximate surface area is 105 Å². The van der Waals surface area contributed by atoms with Crippen molar-refractivity contribution < 1.29 is 13.0 Å². The molecule has 0 aromatic carbocycles. The van der Waals surface area contributed by atoms with Gasteiger partial charge in [0.2, 0.25) is 0 Å². The van der Waals surface area contributed by atoms with Crippen molar-refractivity contribution in [3.05, 3.63) is 0 Å². The molecule has 102 valence electrons. The highest BCUT2D eigenvalue weighted by atomic mass is 32.2. The van der Waals surface area contributed by atoms with E-state index in [0.717, 1.165) is 13.0 Å². The first-order valence-electron chi connectivity index (χ1n) is 6.76. The maximum absolute atomic E-state index is 10.5. The van der Waals surface area contributed by atoms with Gasteiger partial charge < -0.3 is 5.32 Å². The molecular weight excluding hydrogens is 238 g/mol. The van der Waals surface area contributed by atoms with Crippen LogP contribution in [0, 0.1) is 0 Å². The van der Waals surface area contributed by atoms with Gasteiger partial charge in [-0.15, -0.1) is 0 Å². The summed E-state index contributed by atoms with van der Waals surface area (Å²) >= 11 is 0. The summed E-state index contributed by atoms with van der Waals surface area (Å²) in [6.07, 6.45) is 10.5.